The summed E-state index contributed by atoms with van der Waals surface area (Å²) in [7, 11) is -3.05. The summed E-state index contributed by atoms with van der Waals surface area (Å²) >= 11 is 1.86. The van der Waals surface area contributed by atoms with Gasteiger partial charge in [-0.05, 0) is 38.7 Å². The van der Waals surface area contributed by atoms with E-state index >= 15 is 0 Å². The van der Waals surface area contributed by atoms with Crippen molar-refractivity contribution in [2.45, 2.75) is 44.8 Å². The van der Waals surface area contributed by atoms with Gasteiger partial charge in [-0.1, -0.05) is 12.8 Å². The van der Waals surface area contributed by atoms with Gasteiger partial charge in [0.25, 0.3) is 0 Å². The second-order valence-electron chi connectivity index (χ2n) is 3.90. The second-order valence-corrected chi connectivity index (χ2v) is 7.20. The minimum Gasteiger partial charge on any atom is -0.215 e. The summed E-state index contributed by atoms with van der Waals surface area (Å²) < 4.78 is 25.3. The van der Waals surface area contributed by atoms with E-state index in [0.717, 1.165) is 12.8 Å². The molecule has 3 nitrogen and oxygen atoms in total. The molecule has 0 aromatic rings. The molecule has 0 radical (unpaired) electrons. The normalized spacial score (nSPS) is 12.3. The van der Waals surface area contributed by atoms with Crippen LogP contribution in [-0.4, -0.2) is 32.2 Å². The van der Waals surface area contributed by atoms with E-state index < -0.39 is 10.0 Å². The van der Waals surface area contributed by atoms with Gasteiger partial charge in [-0.2, -0.15) is 11.8 Å². The van der Waals surface area contributed by atoms with E-state index in [-0.39, 0.29) is 5.25 Å². The molecule has 0 atom stereocenters. The van der Waals surface area contributed by atoms with Crippen molar-refractivity contribution in [2.75, 3.05) is 18.6 Å². The lowest BCUT2D eigenvalue weighted by Crippen LogP contribution is -2.31. The molecule has 0 amide bonds. The Balaban J connectivity index is 3.39. The molecule has 0 heterocycles. The van der Waals surface area contributed by atoms with Crippen LogP contribution in [0.4, 0.5) is 0 Å². The van der Waals surface area contributed by atoms with Gasteiger partial charge in [0, 0.05) is 6.54 Å². The van der Waals surface area contributed by atoms with Gasteiger partial charge < -0.3 is 0 Å². The van der Waals surface area contributed by atoms with E-state index in [2.05, 4.69) is 11.0 Å². The largest absolute Gasteiger partial charge is 0.215 e. The second kappa shape index (κ2) is 8.42. The lowest BCUT2D eigenvalue weighted by atomic mass is 10.2. The molecule has 15 heavy (non-hydrogen) atoms. The van der Waals surface area contributed by atoms with Crippen molar-refractivity contribution >= 4 is 21.8 Å². The zero-order valence-electron chi connectivity index (χ0n) is 9.95. The van der Waals surface area contributed by atoms with Gasteiger partial charge in [0.1, 0.15) is 0 Å². The van der Waals surface area contributed by atoms with E-state index in [1.54, 1.807) is 13.8 Å². The van der Waals surface area contributed by atoms with Gasteiger partial charge >= 0.3 is 0 Å². The third-order valence-corrected chi connectivity index (χ3v) is 4.74. The highest BCUT2D eigenvalue weighted by atomic mass is 32.2. The Morgan fingerprint density at radius 1 is 1.13 bits per heavy atom. The van der Waals surface area contributed by atoms with Crippen LogP contribution in [0.5, 0.6) is 0 Å². The quantitative estimate of drug-likeness (QED) is 0.641. The maximum absolute atomic E-state index is 11.4. The van der Waals surface area contributed by atoms with E-state index in [0.29, 0.717) is 6.54 Å². The summed E-state index contributed by atoms with van der Waals surface area (Å²) in [6.45, 7) is 3.97. The molecule has 0 aliphatic heterocycles. The van der Waals surface area contributed by atoms with Crippen molar-refractivity contribution in [3.63, 3.8) is 0 Å². The average molecular weight is 253 g/mol. The van der Waals surface area contributed by atoms with Crippen LogP contribution in [-0.2, 0) is 10.0 Å². The molecule has 5 heteroatoms. The fourth-order valence-corrected chi connectivity index (χ4v) is 2.36. The molecule has 0 aliphatic rings. The van der Waals surface area contributed by atoms with Crippen molar-refractivity contribution in [3.05, 3.63) is 0 Å². The molecule has 0 rings (SSSR count). The predicted molar refractivity (Wildman–Crippen MR) is 68.9 cm³/mol. The SMILES string of the molecule is CSCCCCCCNS(=O)(=O)C(C)C. The fraction of sp³-hybridized carbons (Fsp3) is 1.00. The number of hydrogen-bond donors (Lipinski definition) is 1. The highest BCUT2D eigenvalue weighted by Gasteiger charge is 2.13. The Kier molecular flexibility index (Phi) is 8.56. The van der Waals surface area contributed by atoms with Crippen molar-refractivity contribution in [1.29, 1.82) is 0 Å². The highest BCUT2D eigenvalue weighted by molar-refractivity contribution is 7.98. The van der Waals surface area contributed by atoms with Crippen LogP contribution in [0.2, 0.25) is 0 Å². The van der Waals surface area contributed by atoms with E-state index in [4.69, 9.17) is 0 Å². The molecule has 0 aromatic carbocycles. The zero-order chi connectivity index (χ0) is 11.7. The third kappa shape index (κ3) is 8.11. The summed E-state index contributed by atoms with van der Waals surface area (Å²) in [6.07, 6.45) is 6.60. The van der Waals surface area contributed by atoms with Crippen LogP contribution in [0, 0.1) is 0 Å². The first-order chi connectivity index (χ1) is 7.00. The van der Waals surface area contributed by atoms with Crippen LogP contribution < -0.4 is 4.72 Å². The number of sulfonamides is 1. The van der Waals surface area contributed by atoms with Crippen LogP contribution >= 0.6 is 11.8 Å². The minimum atomic E-state index is -3.05. The molecule has 0 saturated heterocycles. The van der Waals surface area contributed by atoms with Gasteiger partial charge in [0.15, 0.2) is 0 Å². The van der Waals surface area contributed by atoms with Gasteiger partial charge in [-0.25, -0.2) is 13.1 Å². The van der Waals surface area contributed by atoms with Gasteiger partial charge in [0.05, 0.1) is 5.25 Å². The van der Waals surface area contributed by atoms with E-state index in [1.807, 2.05) is 11.8 Å². The first-order valence-electron chi connectivity index (χ1n) is 5.48. The molecule has 92 valence electrons. The molecule has 0 saturated carbocycles. The van der Waals surface area contributed by atoms with Gasteiger partial charge in [-0.3, -0.25) is 0 Å². The number of unbranched alkanes of at least 4 members (excludes halogenated alkanes) is 3. The predicted octanol–water partition coefficient (Wildman–Crippen LogP) is 2.24. The molecule has 0 fully saturated rings. The Bertz CT molecular complexity index is 238. The summed E-state index contributed by atoms with van der Waals surface area (Å²) in [4.78, 5) is 0. The molecule has 0 aromatic heterocycles. The van der Waals surface area contributed by atoms with Gasteiger partial charge in [0.2, 0.25) is 10.0 Å². The van der Waals surface area contributed by atoms with Crippen LogP contribution in [0.3, 0.4) is 0 Å². The molecule has 1 N–H and O–H groups in total. The highest BCUT2D eigenvalue weighted by Crippen LogP contribution is 2.04. The third-order valence-electron chi connectivity index (χ3n) is 2.20. The van der Waals surface area contributed by atoms with Crippen LogP contribution in [0.1, 0.15) is 39.5 Å². The Morgan fingerprint density at radius 3 is 2.27 bits per heavy atom. The average Bonchev–Trinajstić information content (AvgIpc) is 2.16. The van der Waals surface area contributed by atoms with E-state index in [9.17, 15) is 8.42 Å². The van der Waals surface area contributed by atoms with Crippen molar-refractivity contribution < 1.29 is 8.42 Å². The maximum atomic E-state index is 11.4. The van der Waals surface area contributed by atoms with Crippen molar-refractivity contribution in [1.82, 2.24) is 4.72 Å². The van der Waals surface area contributed by atoms with E-state index in [1.165, 1.54) is 18.6 Å². The Labute approximate surface area is 98.5 Å². The summed E-state index contributed by atoms with van der Waals surface area (Å²) in [6, 6.07) is 0. The molecule has 0 aliphatic carbocycles. The number of thioether (sulfide) groups is 1. The molecular formula is C10H23NO2S2. The maximum Gasteiger partial charge on any atom is 0.213 e. The molecule has 0 bridgehead atoms. The van der Waals surface area contributed by atoms with Crippen LogP contribution in [0.15, 0.2) is 0 Å². The molecular weight excluding hydrogens is 230 g/mol. The summed E-state index contributed by atoms with van der Waals surface area (Å²) in [5, 5.41) is -0.325. The monoisotopic (exact) mass is 253 g/mol. The number of rotatable bonds is 9. The Morgan fingerprint density at radius 2 is 1.73 bits per heavy atom. The number of nitrogens with one attached hydrogen (secondary N) is 1. The van der Waals surface area contributed by atoms with Gasteiger partial charge in [-0.15, -0.1) is 0 Å². The lowest BCUT2D eigenvalue weighted by Gasteiger charge is -2.08. The Hall–Kier alpha value is 0.260. The first-order valence-corrected chi connectivity index (χ1v) is 8.42. The fourth-order valence-electron chi connectivity index (χ4n) is 1.11. The van der Waals surface area contributed by atoms with Crippen LogP contribution in [0.25, 0.3) is 0 Å². The summed E-state index contributed by atoms with van der Waals surface area (Å²) in [5.41, 5.74) is 0. The standard InChI is InChI=1S/C10H23NO2S2/c1-10(2)15(12,13)11-8-6-4-5-7-9-14-3/h10-11H,4-9H2,1-3H3. The lowest BCUT2D eigenvalue weighted by molar-refractivity contribution is 0.565. The first kappa shape index (κ1) is 15.3. The molecule has 0 spiro atoms. The number of hydrogen-bond acceptors (Lipinski definition) is 3. The zero-order valence-corrected chi connectivity index (χ0v) is 11.6. The molecule has 0 unspecified atom stereocenters. The van der Waals surface area contributed by atoms with Crippen molar-refractivity contribution in [3.8, 4) is 0 Å². The van der Waals surface area contributed by atoms with Crippen molar-refractivity contribution in [2.24, 2.45) is 0 Å². The smallest absolute Gasteiger partial charge is 0.213 e. The topological polar surface area (TPSA) is 46.2 Å². The minimum absolute atomic E-state index is 0.325. The summed E-state index contributed by atoms with van der Waals surface area (Å²) in [5.74, 6) is 1.21.